The van der Waals surface area contributed by atoms with Crippen LogP contribution in [0.3, 0.4) is 0 Å². The van der Waals surface area contributed by atoms with Crippen LogP contribution in [0.1, 0.15) is 22.3 Å². The van der Waals surface area contributed by atoms with Crippen LogP contribution in [-0.2, 0) is 0 Å². The first kappa shape index (κ1) is 29.3. The van der Waals surface area contributed by atoms with E-state index in [-0.39, 0.29) is 0 Å². The maximum atomic E-state index is 10.9. The first-order valence-corrected chi connectivity index (χ1v) is 18.8. The van der Waals surface area contributed by atoms with E-state index in [2.05, 4.69) is 144 Å². The number of hydrogen-bond donors (Lipinski definition) is 0. The molecule has 0 amide bonds. The Labute approximate surface area is 305 Å². The molecule has 0 saturated heterocycles. The summed E-state index contributed by atoms with van der Waals surface area (Å²) in [5.41, 5.74) is 8.83. The van der Waals surface area contributed by atoms with Gasteiger partial charge in [0, 0.05) is 61.9 Å². The lowest BCUT2D eigenvalue weighted by molar-refractivity contribution is 1.12. The summed E-state index contributed by atoms with van der Waals surface area (Å²) < 4.78 is 9.26. The van der Waals surface area contributed by atoms with Gasteiger partial charge >= 0.3 is 0 Å². The van der Waals surface area contributed by atoms with Crippen molar-refractivity contribution in [3.63, 3.8) is 0 Å². The molecule has 0 aliphatic heterocycles. The Balaban J connectivity index is 1.23. The third-order valence-corrected chi connectivity index (χ3v) is 12.9. The second-order valence-electron chi connectivity index (χ2n) is 13.7. The number of fused-ring (bicyclic) bond motifs is 12. The molecule has 0 fully saturated rings. The summed E-state index contributed by atoms with van der Waals surface area (Å²) in [7, 11) is 0. The van der Waals surface area contributed by atoms with Gasteiger partial charge in [0.05, 0.1) is 44.6 Å². The monoisotopic (exact) mass is 698 g/mol. The van der Waals surface area contributed by atoms with Crippen LogP contribution in [0.2, 0.25) is 0 Å². The first-order valence-electron chi connectivity index (χ1n) is 17.2. The van der Waals surface area contributed by atoms with Crippen molar-refractivity contribution in [1.82, 2.24) is 9.13 Å². The van der Waals surface area contributed by atoms with Gasteiger partial charge in [0.1, 0.15) is 12.1 Å². The van der Waals surface area contributed by atoms with E-state index >= 15 is 0 Å². The van der Waals surface area contributed by atoms with Crippen LogP contribution in [0.15, 0.2) is 121 Å². The van der Waals surface area contributed by atoms with Crippen LogP contribution in [0, 0.1) is 36.5 Å². The summed E-state index contributed by atoms with van der Waals surface area (Å²) in [6.07, 6.45) is 0. The lowest BCUT2D eigenvalue weighted by Gasteiger charge is -2.15. The molecule has 0 N–H and O–H groups in total. The van der Waals surface area contributed by atoms with E-state index in [9.17, 15) is 10.5 Å². The van der Waals surface area contributed by atoms with E-state index in [4.69, 9.17) is 0 Å². The molecule has 6 heteroatoms. The molecule has 0 aliphatic rings. The average Bonchev–Trinajstić information content (AvgIpc) is 3.89. The van der Waals surface area contributed by atoms with Crippen molar-refractivity contribution in [2.24, 2.45) is 0 Å². The zero-order chi connectivity index (χ0) is 34.8. The number of benzene rings is 7. The van der Waals surface area contributed by atoms with Crippen LogP contribution in [-0.4, -0.2) is 9.13 Å². The molecular formula is C46H26N4S2. The van der Waals surface area contributed by atoms with E-state index in [1.807, 2.05) is 12.1 Å². The van der Waals surface area contributed by atoms with Gasteiger partial charge in [-0.3, -0.25) is 0 Å². The minimum atomic E-state index is 0.509. The fourth-order valence-corrected chi connectivity index (χ4v) is 10.6. The Hall–Kier alpha value is -6.44. The highest BCUT2D eigenvalue weighted by molar-refractivity contribution is 7.26. The highest BCUT2D eigenvalue weighted by atomic mass is 32.1. The van der Waals surface area contributed by atoms with Gasteiger partial charge in [-0.15, -0.1) is 22.7 Å². The largest absolute Gasteiger partial charge is 0.308 e. The van der Waals surface area contributed by atoms with Crippen LogP contribution < -0.4 is 0 Å². The van der Waals surface area contributed by atoms with Crippen LogP contribution in [0.25, 0.3) is 95.3 Å². The molecule has 4 heterocycles. The minimum absolute atomic E-state index is 0.509. The molecule has 11 aromatic rings. The third kappa shape index (κ3) is 3.94. The summed E-state index contributed by atoms with van der Waals surface area (Å²) in [5.74, 6) is 0. The molecule has 0 unspecified atom stereocenters. The van der Waals surface area contributed by atoms with Crippen molar-refractivity contribution in [1.29, 1.82) is 10.5 Å². The normalized spacial score (nSPS) is 12.0. The Kier molecular flexibility index (Phi) is 5.94. The van der Waals surface area contributed by atoms with Gasteiger partial charge in [-0.05, 0) is 86.6 Å². The van der Waals surface area contributed by atoms with Crippen LogP contribution in [0.4, 0.5) is 0 Å². The topological polar surface area (TPSA) is 57.4 Å². The smallest absolute Gasteiger partial charge is 0.101 e. The van der Waals surface area contributed by atoms with Crippen LogP contribution >= 0.6 is 22.7 Å². The molecule has 0 aliphatic carbocycles. The fourth-order valence-electron chi connectivity index (χ4n) is 8.35. The van der Waals surface area contributed by atoms with Crippen molar-refractivity contribution >= 4 is 107 Å². The second-order valence-corrected chi connectivity index (χ2v) is 15.9. The van der Waals surface area contributed by atoms with E-state index in [0.29, 0.717) is 22.5 Å². The quantitative estimate of drug-likeness (QED) is 0.180. The lowest BCUT2D eigenvalue weighted by atomic mass is 10.1. The highest BCUT2D eigenvalue weighted by Gasteiger charge is 2.23. The van der Waals surface area contributed by atoms with Gasteiger partial charge < -0.3 is 9.13 Å². The van der Waals surface area contributed by atoms with Crippen LogP contribution in [0.5, 0.6) is 0 Å². The van der Waals surface area contributed by atoms with Crippen molar-refractivity contribution < 1.29 is 0 Å². The molecule has 0 spiro atoms. The molecule has 52 heavy (non-hydrogen) atoms. The van der Waals surface area contributed by atoms with Gasteiger partial charge in [0.25, 0.3) is 0 Å². The molecule has 0 bridgehead atoms. The Morgan fingerprint density at radius 3 is 1.27 bits per heavy atom. The van der Waals surface area contributed by atoms with Gasteiger partial charge in [0.15, 0.2) is 0 Å². The fraction of sp³-hybridized carbons (Fsp3) is 0.0435. The highest BCUT2D eigenvalue weighted by Crippen LogP contribution is 2.44. The SMILES string of the molecule is Cc1ccc2c(c1)c1cc3c(cc1n2-c1cc(C#N)c(-n2c4ccc(C)cc4c4cc5c(cc42)sc2ccccc25)cc1C#N)sc1ccccc13. The van der Waals surface area contributed by atoms with Crippen molar-refractivity contribution in [3.05, 3.63) is 144 Å². The molecular weight excluding hydrogens is 673 g/mol. The number of thiophene rings is 2. The molecule has 242 valence electrons. The zero-order valence-electron chi connectivity index (χ0n) is 28.2. The molecule has 0 radical (unpaired) electrons. The summed E-state index contributed by atoms with van der Waals surface area (Å²) in [6, 6.07) is 48.2. The van der Waals surface area contributed by atoms with E-state index in [0.717, 1.165) is 43.6 Å². The third-order valence-electron chi connectivity index (χ3n) is 10.7. The van der Waals surface area contributed by atoms with E-state index in [1.54, 1.807) is 22.7 Å². The number of aryl methyl sites for hydroxylation is 2. The van der Waals surface area contributed by atoms with Gasteiger partial charge in [-0.1, -0.05) is 59.7 Å². The number of aromatic nitrogens is 2. The maximum Gasteiger partial charge on any atom is 0.101 e. The average molecular weight is 699 g/mol. The molecule has 4 aromatic heterocycles. The lowest BCUT2D eigenvalue weighted by Crippen LogP contribution is -2.04. The Morgan fingerprint density at radius 2 is 0.827 bits per heavy atom. The molecule has 7 aromatic carbocycles. The summed E-state index contributed by atoms with van der Waals surface area (Å²) in [4.78, 5) is 0. The molecule has 4 nitrogen and oxygen atoms in total. The van der Waals surface area contributed by atoms with Gasteiger partial charge in [-0.2, -0.15) is 10.5 Å². The number of rotatable bonds is 2. The Morgan fingerprint density at radius 1 is 0.404 bits per heavy atom. The summed E-state index contributed by atoms with van der Waals surface area (Å²) in [6.45, 7) is 4.23. The maximum absolute atomic E-state index is 10.9. The summed E-state index contributed by atoms with van der Waals surface area (Å²) in [5, 5.41) is 31.3. The Bertz CT molecular complexity index is 3230. The number of hydrogen-bond acceptors (Lipinski definition) is 4. The molecule has 11 rings (SSSR count). The van der Waals surface area contributed by atoms with Gasteiger partial charge in [0.2, 0.25) is 0 Å². The van der Waals surface area contributed by atoms with Crippen molar-refractivity contribution in [2.45, 2.75) is 13.8 Å². The van der Waals surface area contributed by atoms with E-state index < -0.39 is 0 Å². The molecule has 0 atom stereocenters. The number of nitrogens with zero attached hydrogens (tertiary/aromatic N) is 4. The predicted octanol–water partition coefficient (Wildman–Crippen LogP) is 13.0. The van der Waals surface area contributed by atoms with Gasteiger partial charge in [-0.25, -0.2) is 0 Å². The first-order chi connectivity index (χ1) is 25.5. The second kappa shape index (κ2) is 10.5. The van der Waals surface area contributed by atoms with E-state index in [1.165, 1.54) is 51.5 Å². The minimum Gasteiger partial charge on any atom is -0.308 e. The van der Waals surface area contributed by atoms with Crippen molar-refractivity contribution in [3.8, 4) is 23.5 Å². The zero-order valence-corrected chi connectivity index (χ0v) is 29.8. The van der Waals surface area contributed by atoms with Crippen molar-refractivity contribution in [2.75, 3.05) is 0 Å². The molecule has 0 saturated carbocycles. The standard InChI is InChI=1S/C46H26N4S2/c1-25-11-13-37-31(15-25)33-19-35-29-7-3-5-9-43(29)51-45(35)21-41(33)49(37)39-17-28(24-48)40(18-27(39)23-47)50-38-14-12-26(2)16-32(38)34-20-36-30-8-4-6-10-44(30)52-46(36)22-42(34)50/h3-22H,1-2H3. The summed E-state index contributed by atoms with van der Waals surface area (Å²) >= 11 is 3.57. The number of nitriles is 2. The predicted molar refractivity (Wildman–Crippen MR) is 220 cm³/mol.